The molecule has 1 rings (SSSR count). The molecule has 0 bridgehead atoms. The van der Waals surface area contributed by atoms with Crippen LogP contribution in [-0.2, 0) is 25.6 Å². The summed E-state index contributed by atoms with van der Waals surface area (Å²) in [6.07, 6.45) is 0.870. The standard InChI is InChI=1S/C16H25N3O4/c17-19-18-7-10-21-12-14-22-13-11-20-8-4-9-23-15-16-5-2-1-3-6-16/h1-3,5-6H,4,7-15H2. The monoisotopic (exact) mass is 323 g/mol. The maximum absolute atomic E-state index is 8.07. The predicted molar refractivity (Wildman–Crippen MR) is 87.2 cm³/mol. The lowest BCUT2D eigenvalue weighted by molar-refractivity contribution is 0.0103. The van der Waals surface area contributed by atoms with Crippen LogP contribution in [0.3, 0.4) is 0 Å². The highest BCUT2D eigenvalue weighted by atomic mass is 16.5. The van der Waals surface area contributed by atoms with E-state index in [1.54, 1.807) is 0 Å². The fraction of sp³-hybridized carbons (Fsp3) is 0.625. The van der Waals surface area contributed by atoms with Crippen LogP contribution < -0.4 is 0 Å². The van der Waals surface area contributed by atoms with Gasteiger partial charge < -0.3 is 18.9 Å². The number of ether oxygens (including phenoxy) is 4. The van der Waals surface area contributed by atoms with Gasteiger partial charge in [0.15, 0.2) is 0 Å². The van der Waals surface area contributed by atoms with Crippen LogP contribution >= 0.6 is 0 Å². The summed E-state index contributed by atoms with van der Waals surface area (Å²) in [5.74, 6) is 0. The van der Waals surface area contributed by atoms with Crippen LogP contribution in [0, 0.1) is 0 Å². The summed E-state index contributed by atoms with van der Waals surface area (Å²) < 4.78 is 21.5. The second kappa shape index (κ2) is 15.3. The van der Waals surface area contributed by atoms with Gasteiger partial charge in [-0.3, -0.25) is 0 Å². The zero-order valence-corrected chi connectivity index (χ0v) is 13.4. The quantitative estimate of drug-likeness (QED) is 0.215. The van der Waals surface area contributed by atoms with Gasteiger partial charge in [-0.25, -0.2) is 0 Å². The third-order valence-corrected chi connectivity index (χ3v) is 2.83. The van der Waals surface area contributed by atoms with Crippen LogP contribution in [-0.4, -0.2) is 52.8 Å². The molecule has 0 saturated heterocycles. The Morgan fingerprint density at radius 1 is 0.783 bits per heavy atom. The lowest BCUT2D eigenvalue weighted by atomic mass is 10.2. The number of hydrogen-bond donors (Lipinski definition) is 0. The van der Waals surface area contributed by atoms with Crippen molar-refractivity contribution in [3.8, 4) is 0 Å². The van der Waals surface area contributed by atoms with Gasteiger partial charge in [-0.1, -0.05) is 35.4 Å². The van der Waals surface area contributed by atoms with E-state index in [2.05, 4.69) is 10.0 Å². The van der Waals surface area contributed by atoms with E-state index in [9.17, 15) is 0 Å². The third-order valence-electron chi connectivity index (χ3n) is 2.83. The topological polar surface area (TPSA) is 85.7 Å². The van der Waals surface area contributed by atoms with Crippen LogP contribution in [0.1, 0.15) is 12.0 Å². The molecule has 23 heavy (non-hydrogen) atoms. The molecule has 0 spiro atoms. The Hall–Kier alpha value is -1.63. The fourth-order valence-corrected chi connectivity index (χ4v) is 1.72. The maximum atomic E-state index is 8.07. The SMILES string of the molecule is [N-]=[N+]=NCCOCCOCCOCCCOCc1ccccc1. The Morgan fingerprint density at radius 2 is 1.39 bits per heavy atom. The normalized spacial score (nSPS) is 10.4. The first-order valence-electron chi connectivity index (χ1n) is 7.79. The molecule has 7 heteroatoms. The van der Waals surface area contributed by atoms with Crippen LogP contribution in [0.15, 0.2) is 35.4 Å². The molecule has 7 nitrogen and oxygen atoms in total. The van der Waals surface area contributed by atoms with E-state index >= 15 is 0 Å². The summed E-state index contributed by atoms with van der Waals surface area (Å²) in [4.78, 5) is 2.63. The first kappa shape index (κ1) is 19.4. The Morgan fingerprint density at radius 3 is 2.09 bits per heavy atom. The van der Waals surface area contributed by atoms with Crippen molar-refractivity contribution < 1.29 is 18.9 Å². The third kappa shape index (κ3) is 12.6. The van der Waals surface area contributed by atoms with E-state index in [-0.39, 0.29) is 0 Å². The second-order valence-corrected chi connectivity index (χ2v) is 4.68. The molecular weight excluding hydrogens is 298 g/mol. The molecule has 0 radical (unpaired) electrons. The van der Waals surface area contributed by atoms with Crippen molar-refractivity contribution in [1.29, 1.82) is 0 Å². The largest absolute Gasteiger partial charge is 0.379 e. The highest BCUT2D eigenvalue weighted by Gasteiger charge is 1.94. The maximum Gasteiger partial charge on any atom is 0.0716 e. The number of hydrogen-bond acceptors (Lipinski definition) is 5. The minimum absolute atomic E-state index is 0.353. The Bertz CT molecular complexity index is 425. The number of rotatable bonds is 15. The van der Waals surface area contributed by atoms with Gasteiger partial charge >= 0.3 is 0 Å². The highest BCUT2D eigenvalue weighted by molar-refractivity contribution is 5.13. The van der Waals surface area contributed by atoms with Gasteiger partial charge in [0.05, 0.1) is 39.6 Å². The zero-order chi connectivity index (χ0) is 16.4. The molecule has 0 aliphatic rings. The van der Waals surface area contributed by atoms with Gasteiger partial charge in [0, 0.05) is 24.7 Å². The van der Waals surface area contributed by atoms with Crippen molar-refractivity contribution in [2.24, 2.45) is 5.11 Å². The van der Waals surface area contributed by atoms with Crippen molar-refractivity contribution in [2.75, 3.05) is 52.8 Å². The zero-order valence-electron chi connectivity index (χ0n) is 13.4. The van der Waals surface area contributed by atoms with E-state index in [0.717, 1.165) is 6.42 Å². The fourth-order valence-electron chi connectivity index (χ4n) is 1.72. The van der Waals surface area contributed by atoms with Crippen molar-refractivity contribution >= 4 is 0 Å². The molecule has 0 saturated carbocycles. The van der Waals surface area contributed by atoms with Gasteiger partial charge in [-0.2, -0.15) is 0 Å². The molecule has 0 atom stereocenters. The average molecular weight is 323 g/mol. The predicted octanol–water partition coefficient (Wildman–Crippen LogP) is 2.95. The van der Waals surface area contributed by atoms with Crippen molar-refractivity contribution in [3.05, 3.63) is 46.3 Å². The molecule has 0 N–H and O–H groups in total. The van der Waals surface area contributed by atoms with E-state index in [1.807, 2.05) is 30.3 Å². The molecule has 0 amide bonds. The van der Waals surface area contributed by atoms with Gasteiger partial charge in [-0.05, 0) is 17.5 Å². The lowest BCUT2D eigenvalue weighted by Crippen LogP contribution is -2.11. The molecule has 0 aromatic heterocycles. The lowest BCUT2D eigenvalue weighted by Gasteiger charge is -2.07. The molecule has 0 aliphatic carbocycles. The first-order valence-corrected chi connectivity index (χ1v) is 7.79. The summed E-state index contributed by atoms with van der Waals surface area (Å²) in [6.45, 7) is 4.90. The summed E-state index contributed by atoms with van der Waals surface area (Å²) in [5.41, 5.74) is 9.25. The highest BCUT2D eigenvalue weighted by Crippen LogP contribution is 2.00. The van der Waals surface area contributed by atoms with Gasteiger partial charge in [0.25, 0.3) is 0 Å². The summed E-state index contributed by atoms with van der Waals surface area (Å²) in [6, 6.07) is 10.1. The molecule has 128 valence electrons. The molecular formula is C16H25N3O4. The minimum Gasteiger partial charge on any atom is -0.379 e. The van der Waals surface area contributed by atoms with E-state index in [1.165, 1.54) is 5.56 Å². The van der Waals surface area contributed by atoms with Crippen molar-refractivity contribution in [1.82, 2.24) is 0 Å². The average Bonchev–Trinajstić information content (AvgIpc) is 2.59. The van der Waals surface area contributed by atoms with Crippen molar-refractivity contribution in [2.45, 2.75) is 13.0 Å². The van der Waals surface area contributed by atoms with Crippen LogP contribution in [0.5, 0.6) is 0 Å². The van der Waals surface area contributed by atoms with Gasteiger partial charge in [-0.15, -0.1) is 0 Å². The van der Waals surface area contributed by atoms with Crippen molar-refractivity contribution in [3.63, 3.8) is 0 Å². The van der Waals surface area contributed by atoms with Gasteiger partial charge in [0.2, 0.25) is 0 Å². The molecule has 0 fully saturated rings. The Labute approximate surface area is 137 Å². The minimum atomic E-state index is 0.353. The molecule has 1 aromatic rings. The smallest absolute Gasteiger partial charge is 0.0716 e. The van der Waals surface area contributed by atoms with Crippen LogP contribution in [0.4, 0.5) is 0 Å². The first-order chi connectivity index (χ1) is 11.4. The van der Waals surface area contributed by atoms with E-state index in [4.69, 9.17) is 24.5 Å². The summed E-state index contributed by atoms with van der Waals surface area (Å²) >= 11 is 0. The van der Waals surface area contributed by atoms with Crippen LogP contribution in [0.2, 0.25) is 0 Å². The Balaban J connectivity index is 1.74. The molecule has 1 aromatic carbocycles. The molecule has 0 aliphatic heterocycles. The summed E-state index contributed by atoms with van der Waals surface area (Å²) in [5, 5.41) is 3.36. The van der Waals surface area contributed by atoms with Crippen LogP contribution in [0.25, 0.3) is 10.4 Å². The van der Waals surface area contributed by atoms with E-state index < -0.39 is 0 Å². The number of nitrogens with zero attached hydrogens (tertiary/aromatic N) is 3. The number of benzene rings is 1. The molecule has 0 unspecified atom stereocenters. The molecule has 0 heterocycles. The van der Waals surface area contributed by atoms with Gasteiger partial charge in [0.1, 0.15) is 0 Å². The second-order valence-electron chi connectivity index (χ2n) is 4.68. The van der Waals surface area contributed by atoms with E-state index in [0.29, 0.717) is 59.4 Å². The summed E-state index contributed by atoms with van der Waals surface area (Å²) in [7, 11) is 0. The number of azide groups is 1. The Kier molecular flexibility index (Phi) is 12.9.